The molecule has 0 spiro atoms. The van der Waals surface area contributed by atoms with Crippen LogP contribution in [0.3, 0.4) is 0 Å². The van der Waals surface area contributed by atoms with Crippen molar-refractivity contribution in [1.82, 2.24) is 0 Å². The van der Waals surface area contributed by atoms with Gasteiger partial charge in [0.15, 0.2) is 11.6 Å². The van der Waals surface area contributed by atoms with Gasteiger partial charge in [-0.05, 0) is 18.6 Å². The van der Waals surface area contributed by atoms with Crippen LogP contribution in [0.1, 0.15) is 26.2 Å². The molecule has 0 bridgehead atoms. The molecule has 0 aromatic heterocycles. The summed E-state index contributed by atoms with van der Waals surface area (Å²) < 4.78 is 27.2. The van der Waals surface area contributed by atoms with E-state index in [4.69, 9.17) is 5.73 Å². The number of carbonyl (C=O) groups excluding carboxylic acids is 1. The van der Waals surface area contributed by atoms with Gasteiger partial charge in [-0.2, -0.15) is 0 Å². The fourth-order valence-electron chi connectivity index (χ4n) is 1.43. The average Bonchev–Trinajstić information content (AvgIpc) is 2.30. The zero-order valence-electron chi connectivity index (χ0n) is 9.97. The summed E-state index contributed by atoms with van der Waals surface area (Å²) in [6.45, 7) is 1.97. The van der Waals surface area contributed by atoms with E-state index in [1.807, 2.05) is 6.92 Å². The first-order chi connectivity index (χ1) is 8.45. The zero-order valence-corrected chi connectivity index (χ0v) is 11.6. The molecular formula is C12H15BrF2N2O. The molecule has 0 aliphatic heterocycles. The van der Waals surface area contributed by atoms with E-state index in [9.17, 15) is 13.6 Å². The van der Waals surface area contributed by atoms with E-state index in [2.05, 4.69) is 21.2 Å². The Morgan fingerprint density at radius 3 is 2.50 bits per heavy atom. The maximum Gasteiger partial charge on any atom is 0.241 e. The lowest BCUT2D eigenvalue weighted by Gasteiger charge is -2.13. The Bertz CT molecular complexity index is 417. The molecule has 0 fully saturated rings. The minimum atomic E-state index is -0.835. The maximum absolute atomic E-state index is 13.5. The van der Waals surface area contributed by atoms with Gasteiger partial charge >= 0.3 is 0 Å². The van der Waals surface area contributed by atoms with Gasteiger partial charge in [-0.3, -0.25) is 4.79 Å². The predicted octanol–water partition coefficient (Wildman–Crippen LogP) is 3.18. The number of unbranched alkanes of at least 4 members (excludes halogenated alkanes) is 1. The predicted molar refractivity (Wildman–Crippen MR) is 70.2 cm³/mol. The molecule has 6 heteroatoms. The van der Waals surface area contributed by atoms with Gasteiger partial charge in [0.1, 0.15) is 5.69 Å². The molecule has 100 valence electrons. The van der Waals surface area contributed by atoms with Crippen LogP contribution in [0.5, 0.6) is 0 Å². The summed E-state index contributed by atoms with van der Waals surface area (Å²) in [6.07, 6.45) is 2.18. The van der Waals surface area contributed by atoms with Gasteiger partial charge in [-0.25, -0.2) is 8.78 Å². The number of rotatable bonds is 5. The lowest BCUT2D eigenvalue weighted by Crippen LogP contribution is -2.36. The third-order valence-electron chi connectivity index (χ3n) is 2.46. The van der Waals surface area contributed by atoms with Crippen LogP contribution in [0.25, 0.3) is 0 Å². The van der Waals surface area contributed by atoms with Crippen molar-refractivity contribution in [2.75, 3.05) is 5.32 Å². The second-order valence-electron chi connectivity index (χ2n) is 3.98. The lowest BCUT2D eigenvalue weighted by molar-refractivity contribution is -0.117. The molecule has 1 atom stereocenters. The van der Waals surface area contributed by atoms with Crippen LogP contribution in [-0.4, -0.2) is 11.9 Å². The molecule has 1 amide bonds. The molecule has 18 heavy (non-hydrogen) atoms. The Kier molecular flexibility index (Phi) is 5.68. The van der Waals surface area contributed by atoms with Crippen LogP contribution in [0.2, 0.25) is 0 Å². The first-order valence-electron chi connectivity index (χ1n) is 5.66. The SMILES string of the molecule is CCCCC(N)C(=O)Nc1c(F)cc(Br)cc1F. The minimum absolute atomic E-state index is 0.269. The molecule has 3 N–H and O–H groups in total. The highest BCUT2D eigenvalue weighted by atomic mass is 79.9. The van der Waals surface area contributed by atoms with Crippen LogP contribution in [0.15, 0.2) is 16.6 Å². The molecule has 0 heterocycles. The van der Waals surface area contributed by atoms with Crippen molar-refractivity contribution >= 4 is 27.5 Å². The van der Waals surface area contributed by atoms with Gasteiger partial charge < -0.3 is 11.1 Å². The molecule has 0 saturated heterocycles. The quantitative estimate of drug-likeness (QED) is 0.875. The van der Waals surface area contributed by atoms with E-state index in [-0.39, 0.29) is 4.47 Å². The number of hydrogen-bond acceptors (Lipinski definition) is 2. The van der Waals surface area contributed by atoms with Gasteiger partial charge in [0.25, 0.3) is 0 Å². The fourth-order valence-corrected chi connectivity index (χ4v) is 1.83. The van der Waals surface area contributed by atoms with Crippen molar-refractivity contribution in [2.45, 2.75) is 32.2 Å². The van der Waals surface area contributed by atoms with Crippen molar-refractivity contribution < 1.29 is 13.6 Å². The van der Waals surface area contributed by atoms with Crippen molar-refractivity contribution in [3.63, 3.8) is 0 Å². The van der Waals surface area contributed by atoms with E-state index >= 15 is 0 Å². The van der Waals surface area contributed by atoms with Crippen molar-refractivity contribution in [1.29, 1.82) is 0 Å². The molecule has 3 nitrogen and oxygen atoms in total. The molecule has 1 aromatic carbocycles. The van der Waals surface area contributed by atoms with Crippen molar-refractivity contribution in [2.24, 2.45) is 5.73 Å². The van der Waals surface area contributed by atoms with Gasteiger partial charge in [0.05, 0.1) is 6.04 Å². The Morgan fingerprint density at radius 2 is 2.00 bits per heavy atom. The molecule has 0 aliphatic carbocycles. The Balaban J connectivity index is 2.76. The first kappa shape index (κ1) is 15.0. The van der Waals surface area contributed by atoms with Gasteiger partial charge in [-0.1, -0.05) is 35.7 Å². The number of nitrogens with two attached hydrogens (primary N) is 1. The molecule has 1 unspecified atom stereocenters. The van der Waals surface area contributed by atoms with E-state index in [1.54, 1.807) is 0 Å². The summed E-state index contributed by atoms with van der Waals surface area (Å²) in [6, 6.07) is 1.40. The number of carbonyl (C=O) groups is 1. The second kappa shape index (κ2) is 6.80. The third kappa shape index (κ3) is 4.03. The topological polar surface area (TPSA) is 55.1 Å². The van der Waals surface area contributed by atoms with Gasteiger partial charge in [0, 0.05) is 4.47 Å². The lowest BCUT2D eigenvalue weighted by atomic mass is 10.1. The largest absolute Gasteiger partial charge is 0.320 e. The Hall–Kier alpha value is -1.01. The normalized spacial score (nSPS) is 12.3. The van der Waals surface area contributed by atoms with Crippen LogP contribution in [0, 0.1) is 11.6 Å². The first-order valence-corrected chi connectivity index (χ1v) is 6.46. The standard InChI is InChI=1S/C12H15BrF2N2O/c1-2-3-4-10(16)12(18)17-11-8(14)5-7(13)6-9(11)15/h5-6,10H,2-4,16H2,1H3,(H,17,18). The van der Waals surface area contributed by atoms with E-state index < -0.39 is 29.3 Å². The summed E-state index contributed by atoms with van der Waals surface area (Å²) in [5.74, 6) is -2.25. The number of halogens is 3. The fraction of sp³-hybridized carbons (Fsp3) is 0.417. The number of anilines is 1. The van der Waals surface area contributed by atoms with Gasteiger partial charge in [0.2, 0.25) is 5.91 Å². The molecule has 1 rings (SSSR count). The molecule has 0 saturated carbocycles. The van der Waals surface area contributed by atoms with Crippen LogP contribution in [0.4, 0.5) is 14.5 Å². The summed E-state index contributed by atoms with van der Waals surface area (Å²) in [7, 11) is 0. The number of nitrogens with one attached hydrogen (secondary N) is 1. The maximum atomic E-state index is 13.5. The van der Waals surface area contributed by atoms with Crippen molar-refractivity contribution in [3.05, 3.63) is 28.2 Å². The zero-order chi connectivity index (χ0) is 13.7. The molecular weight excluding hydrogens is 306 g/mol. The molecule has 0 aliphatic rings. The van der Waals surface area contributed by atoms with E-state index in [1.165, 1.54) is 0 Å². The van der Waals surface area contributed by atoms with Gasteiger partial charge in [-0.15, -0.1) is 0 Å². The number of benzene rings is 1. The summed E-state index contributed by atoms with van der Waals surface area (Å²) >= 11 is 2.96. The third-order valence-corrected chi connectivity index (χ3v) is 2.92. The summed E-state index contributed by atoms with van der Waals surface area (Å²) in [5.41, 5.74) is 5.15. The minimum Gasteiger partial charge on any atom is -0.320 e. The monoisotopic (exact) mass is 320 g/mol. The second-order valence-corrected chi connectivity index (χ2v) is 4.90. The van der Waals surface area contributed by atoms with Crippen LogP contribution in [-0.2, 0) is 4.79 Å². The Labute approximate surface area is 113 Å². The summed E-state index contributed by atoms with van der Waals surface area (Å²) in [5, 5.41) is 2.18. The van der Waals surface area contributed by atoms with Crippen LogP contribution < -0.4 is 11.1 Å². The van der Waals surface area contributed by atoms with Crippen LogP contribution >= 0.6 is 15.9 Å². The molecule has 1 aromatic rings. The summed E-state index contributed by atoms with van der Waals surface area (Å²) in [4.78, 5) is 11.6. The highest BCUT2D eigenvalue weighted by Gasteiger charge is 2.18. The number of amides is 1. The smallest absolute Gasteiger partial charge is 0.241 e. The van der Waals surface area contributed by atoms with E-state index in [0.29, 0.717) is 6.42 Å². The van der Waals surface area contributed by atoms with Crippen molar-refractivity contribution in [3.8, 4) is 0 Å². The highest BCUT2D eigenvalue weighted by molar-refractivity contribution is 9.10. The highest BCUT2D eigenvalue weighted by Crippen LogP contribution is 2.23. The Morgan fingerprint density at radius 1 is 1.44 bits per heavy atom. The van der Waals surface area contributed by atoms with E-state index in [0.717, 1.165) is 25.0 Å². The molecule has 0 radical (unpaired) electrons. The number of hydrogen-bond donors (Lipinski definition) is 2. The average molecular weight is 321 g/mol.